The Balaban J connectivity index is 1.26. The first-order valence-corrected chi connectivity index (χ1v) is 10.5. The van der Waals surface area contributed by atoms with E-state index >= 15 is 0 Å². The molecule has 2 heterocycles. The SMILES string of the molecule is O=C(C[C@H]1CC[C@@H](NC(=O)c2ccc3c(c2)OCO3)[C@@H](CO)O1)NCc1ccc(F)cc1. The smallest absolute Gasteiger partial charge is 0.251 e. The highest BCUT2D eigenvalue weighted by Gasteiger charge is 2.33. The van der Waals surface area contributed by atoms with Gasteiger partial charge in [-0.15, -0.1) is 0 Å². The molecular formula is C23H25FN2O6. The van der Waals surface area contributed by atoms with Gasteiger partial charge in [-0.3, -0.25) is 9.59 Å². The predicted molar refractivity (Wildman–Crippen MR) is 112 cm³/mol. The summed E-state index contributed by atoms with van der Waals surface area (Å²) in [5.41, 5.74) is 1.22. The minimum Gasteiger partial charge on any atom is -0.454 e. The maximum atomic E-state index is 13.0. The van der Waals surface area contributed by atoms with Gasteiger partial charge in [0.05, 0.1) is 25.2 Å². The number of carbonyl (C=O) groups is 2. The Morgan fingerprint density at radius 1 is 1.06 bits per heavy atom. The summed E-state index contributed by atoms with van der Waals surface area (Å²) < 4.78 is 29.4. The number of amides is 2. The summed E-state index contributed by atoms with van der Waals surface area (Å²) in [4.78, 5) is 24.9. The molecule has 1 saturated heterocycles. The van der Waals surface area contributed by atoms with Crippen molar-refractivity contribution in [3.05, 3.63) is 59.4 Å². The third-order valence-electron chi connectivity index (χ3n) is 5.56. The number of aliphatic hydroxyl groups excluding tert-OH is 1. The van der Waals surface area contributed by atoms with Crippen molar-refractivity contribution in [1.29, 1.82) is 0 Å². The molecule has 3 N–H and O–H groups in total. The number of hydrogen-bond acceptors (Lipinski definition) is 6. The molecule has 2 aromatic carbocycles. The highest BCUT2D eigenvalue weighted by Crippen LogP contribution is 2.32. The van der Waals surface area contributed by atoms with Crippen molar-refractivity contribution in [3.8, 4) is 11.5 Å². The molecule has 2 aliphatic heterocycles. The maximum Gasteiger partial charge on any atom is 0.251 e. The van der Waals surface area contributed by atoms with Crippen LogP contribution in [0.4, 0.5) is 4.39 Å². The number of hydrogen-bond donors (Lipinski definition) is 3. The number of aliphatic hydroxyl groups is 1. The van der Waals surface area contributed by atoms with E-state index in [-0.39, 0.29) is 49.6 Å². The molecule has 1 fully saturated rings. The van der Waals surface area contributed by atoms with Gasteiger partial charge in [0.1, 0.15) is 11.9 Å². The second-order valence-electron chi connectivity index (χ2n) is 7.81. The van der Waals surface area contributed by atoms with Gasteiger partial charge in [0.25, 0.3) is 5.91 Å². The number of benzene rings is 2. The Morgan fingerprint density at radius 2 is 1.84 bits per heavy atom. The number of rotatable bonds is 7. The quantitative estimate of drug-likeness (QED) is 0.602. The number of fused-ring (bicyclic) bond motifs is 1. The first kappa shape index (κ1) is 22.0. The van der Waals surface area contributed by atoms with Crippen molar-refractivity contribution < 1.29 is 33.3 Å². The Kier molecular flexibility index (Phi) is 6.87. The van der Waals surface area contributed by atoms with Crippen LogP contribution in [0.2, 0.25) is 0 Å². The van der Waals surface area contributed by atoms with Gasteiger partial charge in [-0.05, 0) is 48.7 Å². The molecule has 8 nitrogen and oxygen atoms in total. The summed E-state index contributed by atoms with van der Waals surface area (Å²) in [6, 6.07) is 10.5. The lowest BCUT2D eigenvalue weighted by atomic mass is 9.96. The number of nitrogens with one attached hydrogen (secondary N) is 2. The largest absolute Gasteiger partial charge is 0.454 e. The zero-order chi connectivity index (χ0) is 22.5. The second kappa shape index (κ2) is 9.97. The van der Waals surface area contributed by atoms with E-state index in [9.17, 15) is 19.1 Å². The Bertz CT molecular complexity index is 967. The van der Waals surface area contributed by atoms with Crippen molar-refractivity contribution in [2.45, 2.75) is 44.1 Å². The van der Waals surface area contributed by atoms with E-state index in [0.717, 1.165) is 5.56 Å². The predicted octanol–water partition coefficient (Wildman–Crippen LogP) is 1.90. The first-order chi connectivity index (χ1) is 15.5. The topological polar surface area (TPSA) is 106 Å². The highest BCUT2D eigenvalue weighted by molar-refractivity contribution is 5.95. The zero-order valence-electron chi connectivity index (χ0n) is 17.4. The van der Waals surface area contributed by atoms with Crippen LogP contribution in [0.3, 0.4) is 0 Å². The van der Waals surface area contributed by atoms with E-state index in [4.69, 9.17) is 14.2 Å². The molecule has 0 saturated carbocycles. The molecule has 2 amide bonds. The molecule has 3 atom stereocenters. The fourth-order valence-corrected chi connectivity index (χ4v) is 3.82. The third-order valence-corrected chi connectivity index (χ3v) is 5.56. The summed E-state index contributed by atoms with van der Waals surface area (Å²) >= 11 is 0. The molecule has 2 aliphatic rings. The van der Waals surface area contributed by atoms with Crippen molar-refractivity contribution in [2.24, 2.45) is 0 Å². The molecule has 0 aromatic heterocycles. The Morgan fingerprint density at radius 3 is 2.62 bits per heavy atom. The van der Waals surface area contributed by atoms with E-state index < -0.39 is 6.10 Å². The monoisotopic (exact) mass is 444 g/mol. The molecule has 9 heteroatoms. The molecule has 0 unspecified atom stereocenters. The van der Waals surface area contributed by atoms with Gasteiger partial charge >= 0.3 is 0 Å². The van der Waals surface area contributed by atoms with Gasteiger partial charge in [0, 0.05) is 12.1 Å². The second-order valence-corrected chi connectivity index (χ2v) is 7.81. The number of halogens is 1. The van der Waals surface area contributed by atoms with Gasteiger partial charge in [-0.1, -0.05) is 12.1 Å². The van der Waals surface area contributed by atoms with Crippen LogP contribution in [-0.2, 0) is 16.1 Å². The lowest BCUT2D eigenvalue weighted by molar-refractivity contribution is -0.131. The van der Waals surface area contributed by atoms with Crippen molar-refractivity contribution in [3.63, 3.8) is 0 Å². The zero-order valence-corrected chi connectivity index (χ0v) is 17.4. The van der Waals surface area contributed by atoms with Crippen molar-refractivity contribution >= 4 is 11.8 Å². The van der Waals surface area contributed by atoms with Crippen LogP contribution < -0.4 is 20.1 Å². The van der Waals surface area contributed by atoms with Gasteiger partial charge in [0.2, 0.25) is 12.7 Å². The van der Waals surface area contributed by atoms with Crippen LogP contribution in [0, 0.1) is 5.82 Å². The van der Waals surface area contributed by atoms with Crippen LogP contribution in [0.15, 0.2) is 42.5 Å². The Hall–Kier alpha value is -3.17. The average Bonchev–Trinajstić information content (AvgIpc) is 3.27. The van der Waals surface area contributed by atoms with E-state index in [1.807, 2.05) is 0 Å². The minimum atomic E-state index is -0.614. The van der Waals surface area contributed by atoms with E-state index in [1.54, 1.807) is 30.3 Å². The number of carbonyl (C=O) groups excluding carboxylic acids is 2. The molecule has 0 radical (unpaired) electrons. The minimum absolute atomic E-state index is 0.127. The summed E-state index contributed by atoms with van der Waals surface area (Å²) in [6.07, 6.45) is 0.292. The summed E-state index contributed by atoms with van der Waals surface area (Å²) in [5.74, 6) is 0.287. The molecule has 170 valence electrons. The van der Waals surface area contributed by atoms with Crippen molar-refractivity contribution in [1.82, 2.24) is 10.6 Å². The molecule has 2 aromatic rings. The summed E-state index contributed by atoms with van der Waals surface area (Å²) in [5, 5.41) is 15.4. The van der Waals surface area contributed by atoms with Crippen LogP contribution in [-0.4, -0.2) is 48.6 Å². The number of ether oxygens (including phenoxy) is 3. The van der Waals surface area contributed by atoms with Gasteiger partial charge in [-0.2, -0.15) is 0 Å². The van der Waals surface area contributed by atoms with Crippen LogP contribution in [0.1, 0.15) is 35.2 Å². The molecule has 32 heavy (non-hydrogen) atoms. The molecule has 0 spiro atoms. The summed E-state index contributed by atoms with van der Waals surface area (Å²) in [6.45, 7) is 0.144. The van der Waals surface area contributed by atoms with Crippen LogP contribution >= 0.6 is 0 Å². The molecule has 4 rings (SSSR count). The third kappa shape index (κ3) is 5.35. The standard InChI is InChI=1S/C23H25FN2O6/c24-16-4-1-14(2-5-16)11-25-22(28)10-17-6-7-18(21(12-27)32-17)26-23(29)15-3-8-19-20(9-15)31-13-30-19/h1-5,8-9,17-18,21,27H,6-7,10-13H2,(H,25,28)(H,26,29)/t17-,18-,21-/m1/s1. The first-order valence-electron chi connectivity index (χ1n) is 10.5. The maximum absolute atomic E-state index is 13.0. The lowest BCUT2D eigenvalue weighted by Crippen LogP contribution is -2.51. The van der Waals surface area contributed by atoms with Crippen molar-refractivity contribution in [2.75, 3.05) is 13.4 Å². The molecule has 0 aliphatic carbocycles. The van der Waals surface area contributed by atoms with Crippen LogP contribution in [0.5, 0.6) is 11.5 Å². The summed E-state index contributed by atoms with van der Waals surface area (Å²) in [7, 11) is 0. The fourth-order valence-electron chi connectivity index (χ4n) is 3.82. The average molecular weight is 444 g/mol. The lowest BCUT2D eigenvalue weighted by Gasteiger charge is -2.36. The van der Waals surface area contributed by atoms with E-state index in [0.29, 0.717) is 36.4 Å². The normalized spacial score (nSPS) is 21.8. The molecule has 0 bridgehead atoms. The van der Waals surface area contributed by atoms with Crippen LogP contribution in [0.25, 0.3) is 0 Å². The van der Waals surface area contributed by atoms with Gasteiger partial charge in [0.15, 0.2) is 11.5 Å². The highest BCUT2D eigenvalue weighted by atomic mass is 19.1. The molecular weight excluding hydrogens is 419 g/mol. The van der Waals surface area contributed by atoms with E-state index in [2.05, 4.69) is 10.6 Å². The van der Waals surface area contributed by atoms with Gasteiger partial charge in [-0.25, -0.2) is 4.39 Å². The van der Waals surface area contributed by atoms with E-state index in [1.165, 1.54) is 12.1 Å². The Labute approximate surface area is 184 Å². The van der Waals surface area contributed by atoms with Gasteiger partial charge < -0.3 is 30.0 Å². The fraction of sp³-hybridized carbons (Fsp3) is 0.391.